The van der Waals surface area contributed by atoms with E-state index in [2.05, 4.69) is 27.6 Å². The van der Waals surface area contributed by atoms with E-state index in [0.717, 1.165) is 33.5 Å². The first-order valence-corrected chi connectivity index (χ1v) is 11.0. The molecular weight excluding hydrogens is 430 g/mol. The molecule has 5 rings (SSSR count). The van der Waals surface area contributed by atoms with Crippen LogP contribution in [0.3, 0.4) is 0 Å². The number of carbonyl (C=O) groups excluding carboxylic acids is 1. The molecule has 3 aromatic carbocycles. The lowest BCUT2D eigenvalue weighted by Gasteiger charge is -2.17. The molecular formula is C27H23N3O4. The Bertz CT molecular complexity index is 1290. The highest BCUT2D eigenvalue weighted by Gasteiger charge is 2.30. The highest BCUT2D eigenvalue weighted by molar-refractivity contribution is 5.81. The van der Waals surface area contributed by atoms with Gasteiger partial charge in [0.2, 0.25) is 0 Å². The topological polar surface area (TPSA) is 104 Å². The summed E-state index contributed by atoms with van der Waals surface area (Å²) < 4.78 is 5.52. The van der Waals surface area contributed by atoms with Crippen LogP contribution in [0.4, 0.5) is 4.79 Å². The number of alkyl carbamates (subject to hydrolysis) is 1. The fourth-order valence-corrected chi connectivity index (χ4v) is 4.52. The van der Waals surface area contributed by atoms with E-state index < -0.39 is 18.1 Å². The Labute approximate surface area is 196 Å². The summed E-state index contributed by atoms with van der Waals surface area (Å²) in [6.07, 6.45) is 0.886. The summed E-state index contributed by atoms with van der Waals surface area (Å²) in [7, 11) is 0. The van der Waals surface area contributed by atoms with Crippen molar-refractivity contribution in [2.45, 2.75) is 18.4 Å². The van der Waals surface area contributed by atoms with Gasteiger partial charge in [-0.15, -0.1) is 0 Å². The van der Waals surface area contributed by atoms with Crippen molar-refractivity contribution in [2.75, 3.05) is 6.61 Å². The first-order chi connectivity index (χ1) is 16.6. The molecule has 0 radical (unpaired) electrons. The number of rotatable bonds is 7. The third kappa shape index (κ3) is 4.15. The van der Waals surface area contributed by atoms with Crippen molar-refractivity contribution in [3.63, 3.8) is 0 Å². The van der Waals surface area contributed by atoms with Gasteiger partial charge in [-0.2, -0.15) is 5.10 Å². The van der Waals surface area contributed by atoms with Crippen LogP contribution in [0, 0.1) is 0 Å². The first kappa shape index (κ1) is 21.5. The highest BCUT2D eigenvalue weighted by atomic mass is 16.5. The lowest BCUT2D eigenvalue weighted by atomic mass is 9.98. The number of fused-ring (bicyclic) bond motifs is 3. The zero-order chi connectivity index (χ0) is 23.5. The van der Waals surface area contributed by atoms with E-state index in [1.807, 2.05) is 66.7 Å². The molecule has 0 fully saturated rings. The number of carbonyl (C=O) groups is 2. The number of aromatic nitrogens is 2. The predicted octanol–water partition coefficient (Wildman–Crippen LogP) is 4.61. The molecule has 7 nitrogen and oxygen atoms in total. The lowest BCUT2D eigenvalue weighted by molar-refractivity contribution is -0.139. The number of aliphatic carboxylic acids is 1. The molecule has 1 atom stereocenters. The standard InChI is InChI=1S/C27H23N3O4/c31-26(32)24(14-18-15-28-30-25(18)17-8-2-1-3-9-17)29-27(33)34-16-23-21-12-6-4-10-19(21)20-11-5-7-13-22(20)23/h1-13,15,23-24H,14,16H2,(H,28,30)(H,29,33)(H,31,32). The fourth-order valence-electron chi connectivity index (χ4n) is 4.52. The van der Waals surface area contributed by atoms with E-state index in [4.69, 9.17) is 4.74 Å². The fraction of sp³-hybridized carbons (Fsp3) is 0.148. The van der Waals surface area contributed by atoms with Crippen molar-refractivity contribution in [3.8, 4) is 22.4 Å². The second-order valence-corrected chi connectivity index (χ2v) is 8.20. The molecule has 170 valence electrons. The van der Waals surface area contributed by atoms with Gasteiger partial charge in [-0.1, -0.05) is 78.9 Å². The largest absolute Gasteiger partial charge is 0.480 e. The molecule has 0 aliphatic heterocycles. The summed E-state index contributed by atoms with van der Waals surface area (Å²) in [6, 6.07) is 24.4. The maximum atomic E-state index is 12.6. The number of hydrogen-bond acceptors (Lipinski definition) is 4. The SMILES string of the molecule is O=C(NC(Cc1cn[nH]c1-c1ccccc1)C(=O)O)OCC1c2ccccc2-c2ccccc21. The third-order valence-corrected chi connectivity index (χ3v) is 6.14. The van der Waals surface area contributed by atoms with Gasteiger partial charge in [0, 0.05) is 17.9 Å². The Balaban J connectivity index is 1.27. The van der Waals surface area contributed by atoms with Crippen molar-refractivity contribution >= 4 is 12.1 Å². The molecule has 1 unspecified atom stereocenters. The number of H-pyrrole nitrogens is 1. The van der Waals surface area contributed by atoms with E-state index in [9.17, 15) is 14.7 Å². The number of hydrogen-bond donors (Lipinski definition) is 3. The maximum Gasteiger partial charge on any atom is 0.407 e. The van der Waals surface area contributed by atoms with E-state index >= 15 is 0 Å². The molecule has 7 heteroatoms. The normalized spacial score (nSPS) is 13.1. The van der Waals surface area contributed by atoms with Gasteiger partial charge in [0.05, 0.1) is 11.9 Å². The van der Waals surface area contributed by atoms with Crippen LogP contribution in [0.1, 0.15) is 22.6 Å². The smallest absolute Gasteiger partial charge is 0.407 e. The molecule has 1 aliphatic rings. The van der Waals surface area contributed by atoms with Crippen LogP contribution in [0.5, 0.6) is 0 Å². The summed E-state index contributed by atoms with van der Waals surface area (Å²) in [4.78, 5) is 24.5. The second-order valence-electron chi connectivity index (χ2n) is 8.20. The van der Waals surface area contributed by atoms with Crippen LogP contribution in [-0.4, -0.2) is 40.0 Å². The quantitative estimate of drug-likeness (QED) is 0.379. The maximum absolute atomic E-state index is 12.6. The van der Waals surface area contributed by atoms with E-state index in [1.54, 1.807) is 6.20 Å². The van der Waals surface area contributed by atoms with Crippen LogP contribution in [0.15, 0.2) is 85.1 Å². The number of nitrogens with one attached hydrogen (secondary N) is 2. The number of ether oxygens (including phenoxy) is 1. The summed E-state index contributed by atoms with van der Waals surface area (Å²) >= 11 is 0. The summed E-state index contributed by atoms with van der Waals surface area (Å²) in [5.74, 6) is -1.24. The first-order valence-electron chi connectivity index (χ1n) is 11.0. The molecule has 0 saturated carbocycles. The second kappa shape index (κ2) is 9.23. The van der Waals surface area contributed by atoms with Gasteiger partial charge in [-0.25, -0.2) is 9.59 Å². The molecule has 4 aromatic rings. The number of benzene rings is 3. The molecule has 34 heavy (non-hydrogen) atoms. The van der Waals surface area contributed by atoms with Crippen LogP contribution < -0.4 is 5.32 Å². The average Bonchev–Trinajstić information content (AvgIpc) is 3.45. The predicted molar refractivity (Wildman–Crippen MR) is 127 cm³/mol. The van der Waals surface area contributed by atoms with Gasteiger partial charge >= 0.3 is 12.1 Å². The van der Waals surface area contributed by atoms with Crippen molar-refractivity contribution in [1.29, 1.82) is 0 Å². The highest BCUT2D eigenvalue weighted by Crippen LogP contribution is 2.44. The van der Waals surface area contributed by atoms with Gasteiger partial charge in [0.15, 0.2) is 0 Å². The third-order valence-electron chi connectivity index (χ3n) is 6.14. The molecule has 3 N–H and O–H groups in total. The van der Waals surface area contributed by atoms with Crippen molar-refractivity contribution in [1.82, 2.24) is 15.5 Å². The van der Waals surface area contributed by atoms with Gasteiger partial charge in [0.1, 0.15) is 12.6 Å². The van der Waals surface area contributed by atoms with E-state index in [1.165, 1.54) is 0 Å². The Morgan fingerprint density at radius 2 is 1.56 bits per heavy atom. The molecule has 1 aromatic heterocycles. The Morgan fingerprint density at radius 1 is 0.941 bits per heavy atom. The minimum atomic E-state index is -1.16. The van der Waals surface area contributed by atoms with Crippen LogP contribution in [0.2, 0.25) is 0 Å². The number of carboxylic acids is 1. The van der Waals surface area contributed by atoms with Crippen molar-refractivity contribution < 1.29 is 19.4 Å². The number of amides is 1. The van der Waals surface area contributed by atoms with Crippen LogP contribution >= 0.6 is 0 Å². The molecule has 0 bridgehead atoms. The Kier molecular flexibility index (Phi) is 5.82. The Hall–Kier alpha value is -4.39. The van der Waals surface area contributed by atoms with Crippen molar-refractivity contribution in [2.24, 2.45) is 0 Å². The van der Waals surface area contributed by atoms with Gasteiger partial charge in [-0.3, -0.25) is 5.10 Å². The summed E-state index contributed by atoms with van der Waals surface area (Å²) in [5, 5.41) is 19.2. The van der Waals surface area contributed by atoms with Crippen molar-refractivity contribution in [3.05, 3.63) is 102 Å². The summed E-state index contributed by atoms with van der Waals surface area (Å²) in [6.45, 7) is 0.118. The molecule has 1 heterocycles. The molecule has 0 spiro atoms. The van der Waals surface area contributed by atoms with Crippen LogP contribution in [-0.2, 0) is 16.0 Å². The average molecular weight is 453 g/mol. The molecule has 0 saturated heterocycles. The Morgan fingerprint density at radius 3 is 2.21 bits per heavy atom. The minimum absolute atomic E-state index is 0.0697. The van der Waals surface area contributed by atoms with Gasteiger partial charge in [0.25, 0.3) is 0 Å². The van der Waals surface area contributed by atoms with Gasteiger partial charge in [-0.05, 0) is 27.8 Å². The van der Waals surface area contributed by atoms with Gasteiger partial charge < -0.3 is 15.2 Å². The summed E-state index contributed by atoms with van der Waals surface area (Å²) in [5.41, 5.74) is 6.75. The van der Waals surface area contributed by atoms with E-state index in [0.29, 0.717) is 5.56 Å². The molecule has 1 aliphatic carbocycles. The molecule has 1 amide bonds. The van der Waals surface area contributed by atoms with E-state index in [-0.39, 0.29) is 18.9 Å². The lowest BCUT2D eigenvalue weighted by Crippen LogP contribution is -2.43. The minimum Gasteiger partial charge on any atom is -0.480 e. The number of aromatic amines is 1. The van der Waals surface area contributed by atoms with Crippen LogP contribution in [0.25, 0.3) is 22.4 Å². The monoisotopic (exact) mass is 453 g/mol. The number of carboxylic acid groups (broad SMARTS) is 1. The number of nitrogens with zero attached hydrogens (tertiary/aromatic N) is 1. The zero-order valence-electron chi connectivity index (χ0n) is 18.3. The zero-order valence-corrected chi connectivity index (χ0v) is 18.3.